The lowest BCUT2D eigenvalue weighted by Crippen LogP contribution is -2.41. The summed E-state index contributed by atoms with van der Waals surface area (Å²) in [6, 6.07) is 5.43. The summed E-state index contributed by atoms with van der Waals surface area (Å²) in [6.45, 7) is 2.92. The molecule has 1 heterocycles. The van der Waals surface area contributed by atoms with Crippen molar-refractivity contribution in [3.8, 4) is 0 Å². The van der Waals surface area contributed by atoms with Gasteiger partial charge in [-0.15, -0.1) is 0 Å². The summed E-state index contributed by atoms with van der Waals surface area (Å²) in [6.07, 6.45) is 3.54. The number of pyridine rings is 1. The second kappa shape index (κ2) is 7.42. The molecule has 98 valence electrons. The number of unbranched alkanes of at least 4 members (excludes halogenated alkanes) is 1. The van der Waals surface area contributed by atoms with Crippen LogP contribution in [0, 0.1) is 0 Å². The van der Waals surface area contributed by atoms with Crippen LogP contribution in [0.2, 0.25) is 0 Å². The molecule has 0 aliphatic heterocycles. The van der Waals surface area contributed by atoms with Crippen molar-refractivity contribution in [1.29, 1.82) is 0 Å². The zero-order chi connectivity index (χ0) is 13.4. The van der Waals surface area contributed by atoms with Gasteiger partial charge in [0.05, 0.1) is 12.2 Å². The highest BCUT2D eigenvalue weighted by molar-refractivity contribution is 6.34. The van der Waals surface area contributed by atoms with Crippen LogP contribution in [-0.2, 0) is 16.1 Å². The topological polar surface area (TPSA) is 62.3 Å². The maximum Gasteiger partial charge on any atom is 0.311 e. The highest BCUT2D eigenvalue weighted by atomic mass is 16.2. The van der Waals surface area contributed by atoms with Crippen molar-refractivity contribution < 1.29 is 9.59 Å². The van der Waals surface area contributed by atoms with Crippen molar-refractivity contribution in [2.24, 2.45) is 0 Å². The van der Waals surface area contributed by atoms with E-state index < -0.39 is 11.8 Å². The van der Waals surface area contributed by atoms with Crippen molar-refractivity contribution in [3.63, 3.8) is 0 Å². The third-order valence-electron chi connectivity index (χ3n) is 2.54. The molecule has 0 aliphatic rings. The largest absolute Gasteiger partial charge is 0.342 e. The molecule has 2 amide bonds. The average Bonchev–Trinajstić information content (AvgIpc) is 2.42. The van der Waals surface area contributed by atoms with Crippen LogP contribution in [0.5, 0.6) is 0 Å². The smallest absolute Gasteiger partial charge is 0.311 e. The van der Waals surface area contributed by atoms with Crippen molar-refractivity contribution in [2.45, 2.75) is 26.3 Å². The Kier molecular flexibility index (Phi) is 5.84. The number of likely N-dealkylation sites (N-methyl/N-ethyl adjacent to an activating group) is 1. The molecule has 1 aromatic rings. The Morgan fingerprint density at radius 3 is 2.78 bits per heavy atom. The first-order valence-electron chi connectivity index (χ1n) is 6.08. The molecule has 0 fully saturated rings. The van der Waals surface area contributed by atoms with Crippen LogP contribution in [0.3, 0.4) is 0 Å². The van der Waals surface area contributed by atoms with E-state index in [0.29, 0.717) is 6.54 Å². The van der Waals surface area contributed by atoms with Crippen LogP contribution in [0.1, 0.15) is 25.5 Å². The van der Waals surface area contributed by atoms with Crippen LogP contribution in [0.25, 0.3) is 0 Å². The Hall–Kier alpha value is -1.91. The zero-order valence-electron chi connectivity index (χ0n) is 10.8. The fraction of sp³-hybridized carbons (Fsp3) is 0.462. The molecule has 0 atom stereocenters. The first kappa shape index (κ1) is 14.2. The van der Waals surface area contributed by atoms with Crippen molar-refractivity contribution in [3.05, 3.63) is 30.1 Å². The highest BCUT2D eigenvalue weighted by Gasteiger charge is 2.17. The normalized spacial score (nSPS) is 9.89. The van der Waals surface area contributed by atoms with E-state index in [-0.39, 0.29) is 6.54 Å². The molecule has 0 saturated heterocycles. The maximum absolute atomic E-state index is 11.7. The van der Waals surface area contributed by atoms with E-state index in [1.54, 1.807) is 25.4 Å². The highest BCUT2D eigenvalue weighted by Crippen LogP contribution is 1.95. The molecule has 1 aromatic heterocycles. The number of carbonyl (C=O) groups excluding carboxylic acids is 2. The van der Waals surface area contributed by atoms with Gasteiger partial charge in [0.1, 0.15) is 0 Å². The van der Waals surface area contributed by atoms with Gasteiger partial charge in [-0.05, 0) is 18.6 Å². The van der Waals surface area contributed by atoms with Gasteiger partial charge < -0.3 is 10.2 Å². The van der Waals surface area contributed by atoms with Gasteiger partial charge in [-0.1, -0.05) is 19.4 Å². The monoisotopic (exact) mass is 249 g/mol. The molecule has 0 spiro atoms. The van der Waals surface area contributed by atoms with Gasteiger partial charge in [0.2, 0.25) is 0 Å². The Labute approximate surface area is 107 Å². The number of carbonyl (C=O) groups is 2. The lowest BCUT2D eigenvalue weighted by Gasteiger charge is -2.15. The third-order valence-corrected chi connectivity index (χ3v) is 2.54. The van der Waals surface area contributed by atoms with E-state index >= 15 is 0 Å². The van der Waals surface area contributed by atoms with E-state index in [4.69, 9.17) is 0 Å². The van der Waals surface area contributed by atoms with Crippen LogP contribution >= 0.6 is 0 Å². The fourth-order valence-corrected chi connectivity index (χ4v) is 1.42. The second-order valence-corrected chi connectivity index (χ2v) is 4.08. The summed E-state index contributed by atoms with van der Waals surface area (Å²) < 4.78 is 0. The van der Waals surface area contributed by atoms with Gasteiger partial charge in [-0.3, -0.25) is 14.6 Å². The van der Waals surface area contributed by atoms with Gasteiger partial charge in [0.15, 0.2) is 0 Å². The van der Waals surface area contributed by atoms with Crippen molar-refractivity contribution >= 4 is 11.8 Å². The van der Waals surface area contributed by atoms with E-state index in [0.717, 1.165) is 18.5 Å². The SMILES string of the molecule is CCCCN(C)C(=O)C(=O)NCc1ccccn1. The molecular formula is C13H19N3O2. The molecule has 1 N–H and O–H groups in total. The number of nitrogens with zero attached hydrogens (tertiary/aromatic N) is 2. The molecule has 0 unspecified atom stereocenters. The Morgan fingerprint density at radius 1 is 1.39 bits per heavy atom. The predicted molar refractivity (Wildman–Crippen MR) is 68.6 cm³/mol. The summed E-state index contributed by atoms with van der Waals surface area (Å²) in [5.41, 5.74) is 0.731. The molecule has 0 saturated carbocycles. The molecule has 0 aromatic carbocycles. The zero-order valence-corrected chi connectivity index (χ0v) is 10.8. The third kappa shape index (κ3) is 4.53. The molecule has 0 bridgehead atoms. The number of hydrogen-bond acceptors (Lipinski definition) is 3. The average molecular weight is 249 g/mol. The molecule has 18 heavy (non-hydrogen) atoms. The predicted octanol–water partition coefficient (Wildman–Crippen LogP) is 0.956. The Bertz CT molecular complexity index is 392. The van der Waals surface area contributed by atoms with Crippen molar-refractivity contribution in [2.75, 3.05) is 13.6 Å². The van der Waals surface area contributed by atoms with Crippen LogP contribution in [0.4, 0.5) is 0 Å². The minimum absolute atomic E-state index is 0.271. The molecule has 5 heteroatoms. The first-order chi connectivity index (χ1) is 8.65. The van der Waals surface area contributed by atoms with Crippen LogP contribution < -0.4 is 5.32 Å². The van der Waals surface area contributed by atoms with Gasteiger partial charge in [0, 0.05) is 19.8 Å². The molecule has 0 aliphatic carbocycles. The Balaban J connectivity index is 2.38. The lowest BCUT2D eigenvalue weighted by atomic mass is 10.3. The number of amides is 2. The van der Waals surface area contributed by atoms with Gasteiger partial charge >= 0.3 is 11.8 Å². The lowest BCUT2D eigenvalue weighted by molar-refractivity contribution is -0.145. The maximum atomic E-state index is 11.7. The number of aromatic nitrogens is 1. The second-order valence-electron chi connectivity index (χ2n) is 4.08. The fourth-order valence-electron chi connectivity index (χ4n) is 1.42. The molecule has 1 rings (SSSR count). The molecule has 5 nitrogen and oxygen atoms in total. The van der Waals surface area contributed by atoms with E-state index in [9.17, 15) is 9.59 Å². The van der Waals surface area contributed by atoms with E-state index in [1.165, 1.54) is 4.90 Å². The van der Waals surface area contributed by atoms with Crippen LogP contribution in [-0.4, -0.2) is 35.3 Å². The van der Waals surface area contributed by atoms with Crippen molar-refractivity contribution in [1.82, 2.24) is 15.2 Å². The number of nitrogens with one attached hydrogen (secondary N) is 1. The Morgan fingerprint density at radius 2 is 2.17 bits per heavy atom. The standard InChI is InChI=1S/C13H19N3O2/c1-3-4-9-16(2)13(18)12(17)15-10-11-7-5-6-8-14-11/h5-8H,3-4,9-10H2,1-2H3,(H,15,17). The molecule has 0 radical (unpaired) electrons. The van der Waals surface area contributed by atoms with E-state index in [1.807, 2.05) is 13.0 Å². The van der Waals surface area contributed by atoms with Crippen LogP contribution in [0.15, 0.2) is 24.4 Å². The summed E-state index contributed by atoms with van der Waals surface area (Å²) >= 11 is 0. The number of hydrogen-bond donors (Lipinski definition) is 1. The van der Waals surface area contributed by atoms with Gasteiger partial charge in [0.25, 0.3) is 0 Å². The van der Waals surface area contributed by atoms with Gasteiger partial charge in [-0.2, -0.15) is 0 Å². The summed E-state index contributed by atoms with van der Waals surface area (Å²) in [5, 5.41) is 2.56. The summed E-state index contributed by atoms with van der Waals surface area (Å²) in [5.74, 6) is -1.08. The number of rotatable bonds is 5. The quantitative estimate of drug-likeness (QED) is 0.790. The summed E-state index contributed by atoms with van der Waals surface area (Å²) in [4.78, 5) is 28.8. The summed E-state index contributed by atoms with van der Waals surface area (Å²) in [7, 11) is 1.64. The minimum Gasteiger partial charge on any atom is -0.342 e. The van der Waals surface area contributed by atoms with Gasteiger partial charge in [-0.25, -0.2) is 0 Å². The van der Waals surface area contributed by atoms with E-state index in [2.05, 4.69) is 10.3 Å². The molecular weight excluding hydrogens is 230 g/mol. The minimum atomic E-state index is -0.584. The first-order valence-corrected chi connectivity index (χ1v) is 6.08.